The molecule has 2 aromatic heterocycles. The van der Waals surface area contributed by atoms with Gasteiger partial charge in [-0.3, -0.25) is 4.79 Å². The van der Waals surface area contributed by atoms with E-state index in [1.807, 2.05) is 32.0 Å². The Morgan fingerprint density at radius 2 is 1.86 bits per heavy atom. The normalized spacial score (nSPS) is 23.7. The fourth-order valence-corrected chi connectivity index (χ4v) is 5.68. The van der Waals surface area contributed by atoms with Crippen LogP contribution in [0, 0.1) is 5.92 Å². The lowest BCUT2D eigenvalue weighted by Crippen LogP contribution is -2.46. The molecule has 3 aromatic rings. The fourth-order valence-electron chi connectivity index (χ4n) is 5.38. The molecule has 3 atom stereocenters. The van der Waals surface area contributed by atoms with Crippen LogP contribution in [-0.4, -0.2) is 52.5 Å². The zero-order valence-corrected chi connectivity index (χ0v) is 22.6. The number of anilines is 4. The smallest absolute Gasteiger partial charge is 0.295 e. The summed E-state index contributed by atoms with van der Waals surface area (Å²) in [6.07, 6.45) is 3.39. The van der Waals surface area contributed by atoms with Crippen molar-refractivity contribution in [1.29, 1.82) is 0 Å². The molecule has 2 aliphatic heterocycles. The summed E-state index contributed by atoms with van der Waals surface area (Å²) in [6.45, 7) is 5.89. The lowest BCUT2D eigenvalue weighted by atomic mass is 10.1. The Bertz CT molecular complexity index is 1420. The number of hydrogen-bond donors (Lipinski definition) is 2. The number of rotatable bonds is 4. The third-order valence-electron chi connectivity index (χ3n) is 7.31. The SMILES string of the molecule is C[C@@H]1CN(c2nc(Cl)c(Cl)c(Nc3ccc4c(c3)c3c(c(=O)n4C)OCCC(C4CC4)N3)n2)C[C@H](C)O1. The predicted octanol–water partition coefficient (Wildman–Crippen LogP) is 4.97. The third-order valence-corrected chi connectivity index (χ3v) is 8.04. The Labute approximate surface area is 225 Å². The van der Waals surface area contributed by atoms with Crippen LogP contribution in [0.5, 0.6) is 5.75 Å². The molecular formula is C26H30Cl2N6O3. The van der Waals surface area contributed by atoms with Gasteiger partial charge in [0.15, 0.2) is 11.0 Å². The molecule has 9 nitrogen and oxygen atoms in total. The van der Waals surface area contributed by atoms with Crippen molar-refractivity contribution in [2.24, 2.45) is 13.0 Å². The molecule has 0 bridgehead atoms. The first-order chi connectivity index (χ1) is 17.8. The van der Waals surface area contributed by atoms with E-state index in [9.17, 15) is 4.79 Å². The molecule has 4 heterocycles. The number of hydrogen-bond acceptors (Lipinski definition) is 8. The fraction of sp³-hybridized carbons (Fsp3) is 0.500. The topological polar surface area (TPSA) is 93.5 Å². The standard InChI is InChI=1S/C26H30Cl2N6O3/c1-13-11-34(12-14(2)37-13)26-31-23(28)20(27)24(32-26)29-16-6-7-19-17(10-16)21-22(25(35)33(19)3)36-9-8-18(30-21)15-4-5-15/h6-7,10,13-15,18,30H,4-5,8-9,11-12H2,1-3H3,(H,29,31,32)/t13-,14+,18?. The molecule has 37 heavy (non-hydrogen) atoms. The van der Waals surface area contributed by atoms with E-state index in [0.717, 1.165) is 28.7 Å². The van der Waals surface area contributed by atoms with Crippen molar-refractivity contribution in [2.75, 3.05) is 35.2 Å². The van der Waals surface area contributed by atoms with Crippen molar-refractivity contribution in [3.05, 3.63) is 38.7 Å². The van der Waals surface area contributed by atoms with Gasteiger partial charge in [0.1, 0.15) is 5.02 Å². The second-order valence-electron chi connectivity index (χ2n) is 10.3. The molecule has 1 aliphatic carbocycles. The highest BCUT2D eigenvalue weighted by molar-refractivity contribution is 6.42. The van der Waals surface area contributed by atoms with Crippen molar-refractivity contribution in [2.45, 2.75) is 51.4 Å². The molecule has 1 saturated carbocycles. The summed E-state index contributed by atoms with van der Waals surface area (Å²) in [5, 5.41) is 8.29. The lowest BCUT2D eigenvalue weighted by Gasteiger charge is -2.35. The van der Waals surface area contributed by atoms with Crippen LogP contribution in [0.4, 0.5) is 23.1 Å². The quantitative estimate of drug-likeness (QED) is 0.445. The number of morpholine rings is 1. The summed E-state index contributed by atoms with van der Waals surface area (Å²) in [5.74, 6) is 1.91. The average Bonchev–Trinajstić information content (AvgIpc) is 3.71. The molecule has 6 rings (SSSR count). The molecule has 3 aliphatic rings. The van der Waals surface area contributed by atoms with Crippen LogP contribution in [0.3, 0.4) is 0 Å². The predicted molar refractivity (Wildman–Crippen MR) is 147 cm³/mol. The molecule has 196 valence electrons. The minimum absolute atomic E-state index is 0.0507. The largest absolute Gasteiger partial charge is 0.486 e. The summed E-state index contributed by atoms with van der Waals surface area (Å²) in [4.78, 5) is 24.3. The van der Waals surface area contributed by atoms with Crippen molar-refractivity contribution >= 4 is 57.2 Å². The maximum atomic E-state index is 13.1. The van der Waals surface area contributed by atoms with Crippen LogP contribution >= 0.6 is 23.2 Å². The van der Waals surface area contributed by atoms with Gasteiger partial charge in [0.05, 0.1) is 30.0 Å². The van der Waals surface area contributed by atoms with E-state index in [1.165, 1.54) is 12.8 Å². The van der Waals surface area contributed by atoms with Crippen LogP contribution in [0.25, 0.3) is 10.9 Å². The van der Waals surface area contributed by atoms with Crippen molar-refractivity contribution in [1.82, 2.24) is 14.5 Å². The first-order valence-electron chi connectivity index (χ1n) is 12.7. The van der Waals surface area contributed by atoms with Gasteiger partial charge in [-0.05, 0) is 50.8 Å². The van der Waals surface area contributed by atoms with Gasteiger partial charge < -0.3 is 29.6 Å². The number of pyridine rings is 1. The van der Waals surface area contributed by atoms with E-state index < -0.39 is 0 Å². The second-order valence-corrected chi connectivity index (χ2v) is 11.0. The summed E-state index contributed by atoms with van der Waals surface area (Å²) in [7, 11) is 1.77. The maximum Gasteiger partial charge on any atom is 0.295 e. The molecule has 1 unspecified atom stereocenters. The summed E-state index contributed by atoms with van der Waals surface area (Å²) in [5.41, 5.74) is 2.18. The molecular weight excluding hydrogens is 515 g/mol. The minimum atomic E-state index is -0.142. The zero-order valence-electron chi connectivity index (χ0n) is 21.1. The number of benzene rings is 1. The monoisotopic (exact) mass is 544 g/mol. The van der Waals surface area contributed by atoms with E-state index >= 15 is 0 Å². The number of aryl methyl sites for hydroxylation is 1. The van der Waals surface area contributed by atoms with Crippen molar-refractivity contribution < 1.29 is 9.47 Å². The Morgan fingerprint density at radius 1 is 1.11 bits per heavy atom. The number of fused-ring (bicyclic) bond motifs is 3. The van der Waals surface area contributed by atoms with Gasteiger partial charge in [-0.2, -0.15) is 9.97 Å². The Hall–Kier alpha value is -2.75. The number of ether oxygens (including phenoxy) is 2. The minimum Gasteiger partial charge on any atom is -0.486 e. The van der Waals surface area contributed by atoms with Gasteiger partial charge in [-0.1, -0.05) is 23.2 Å². The molecule has 11 heteroatoms. The maximum absolute atomic E-state index is 13.1. The third kappa shape index (κ3) is 4.69. The summed E-state index contributed by atoms with van der Waals surface area (Å²) in [6, 6.07) is 6.10. The first-order valence-corrected chi connectivity index (χ1v) is 13.5. The van der Waals surface area contributed by atoms with Crippen LogP contribution in [0.1, 0.15) is 33.1 Å². The molecule has 1 saturated heterocycles. The van der Waals surface area contributed by atoms with Gasteiger partial charge in [0, 0.05) is 43.7 Å². The van der Waals surface area contributed by atoms with Crippen LogP contribution in [-0.2, 0) is 11.8 Å². The van der Waals surface area contributed by atoms with E-state index in [2.05, 4.69) is 20.5 Å². The Balaban J connectivity index is 1.39. The van der Waals surface area contributed by atoms with E-state index in [0.29, 0.717) is 49.2 Å². The molecule has 2 fully saturated rings. The molecule has 1 aromatic carbocycles. The number of nitrogens with one attached hydrogen (secondary N) is 2. The van der Waals surface area contributed by atoms with Gasteiger partial charge in [0.2, 0.25) is 11.7 Å². The summed E-state index contributed by atoms with van der Waals surface area (Å²) >= 11 is 13.0. The second kappa shape index (κ2) is 9.53. The van der Waals surface area contributed by atoms with E-state index in [1.54, 1.807) is 11.6 Å². The molecule has 0 amide bonds. The highest BCUT2D eigenvalue weighted by Crippen LogP contribution is 2.41. The highest BCUT2D eigenvalue weighted by Gasteiger charge is 2.34. The van der Waals surface area contributed by atoms with Crippen LogP contribution in [0.2, 0.25) is 10.2 Å². The summed E-state index contributed by atoms with van der Waals surface area (Å²) < 4.78 is 13.5. The van der Waals surface area contributed by atoms with Gasteiger partial charge in [-0.15, -0.1) is 0 Å². The zero-order chi connectivity index (χ0) is 25.8. The Kier molecular flexibility index (Phi) is 6.33. The Morgan fingerprint density at radius 3 is 2.59 bits per heavy atom. The average molecular weight is 545 g/mol. The lowest BCUT2D eigenvalue weighted by molar-refractivity contribution is -0.00571. The molecule has 0 radical (unpaired) electrons. The van der Waals surface area contributed by atoms with Crippen LogP contribution in [0.15, 0.2) is 23.0 Å². The first kappa shape index (κ1) is 24.6. The van der Waals surface area contributed by atoms with Crippen molar-refractivity contribution in [3.63, 3.8) is 0 Å². The van der Waals surface area contributed by atoms with Gasteiger partial charge >= 0.3 is 0 Å². The van der Waals surface area contributed by atoms with E-state index in [4.69, 9.17) is 37.7 Å². The molecule has 2 N–H and O–H groups in total. The van der Waals surface area contributed by atoms with E-state index in [-0.39, 0.29) is 27.9 Å². The van der Waals surface area contributed by atoms with Crippen LogP contribution < -0.4 is 25.8 Å². The number of halogens is 2. The van der Waals surface area contributed by atoms with Gasteiger partial charge in [0.25, 0.3) is 5.56 Å². The number of nitrogens with zero attached hydrogens (tertiary/aromatic N) is 4. The highest BCUT2D eigenvalue weighted by atomic mass is 35.5. The van der Waals surface area contributed by atoms with Crippen molar-refractivity contribution in [3.8, 4) is 5.75 Å². The number of aromatic nitrogens is 3. The van der Waals surface area contributed by atoms with Gasteiger partial charge in [-0.25, -0.2) is 0 Å². The molecule has 0 spiro atoms.